The summed E-state index contributed by atoms with van der Waals surface area (Å²) < 4.78 is 7.11. The van der Waals surface area contributed by atoms with Crippen LogP contribution in [0, 0.1) is 0 Å². The number of pyridine rings is 1. The van der Waals surface area contributed by atoms with Gasteiger partial charge in [-0.3, -0.25) is 0 Å². The highest BCUT2D eigenvalue weighted by Crippen LogP contribution is 2.21. The third kappa shape index (κ3) is 4.29. The molecule has 25 heavy (non-hydrogen) atoms. The first-order chi connectivity index (χ1) is 12.1. The molecule has 1 aromatic carbocycles. The molecule has 0 aliphatic heterocycles. The molecule has 0 fully saturated rings. The molecular formula is C19H21N3O3. The zero-order chi connectivity index (χ0) is 17.6. The summed E-state index contributed by atoms with van der Waals surface area (Å²) in [5.74, 6) is 0.117. The third-order valence-corrected chi connectivity index (χ3v) is 3.52. The van der Waals surface area contributed by atoms with E-state index in [2.05, 4.69) is 10.3 Å². The summed E-state index contributed by atoms with van der Waals surface area (Å²) >= 11 is 0. The lowest BCUT2D eigenvalue weighted by molar-refractivity contribution is -0.144. The molecule has 0 atom stereocenters. The van der Waals surface area contributed by atoms with Gasteiger partial charge in [-0.1, -0.05) is 18.2 Å². The summed E-state index contributed by atoms with van der Waals surface area (Å²) in [4.78, 5) is 21.6. The minimum atomic E-state index is -0.365. The van der Waals surface area contributed by atoms with E-state index < -0.39 is 0 Å². The standard InChI is InChI=1S/C19H21N3O3/c1-14(2)21-16-7-5-11-20-19(16)24-13-10-18(23)25-22-12-9-15-6-3-4-8-17(15)22/h3-9,11-12,14,21H,10,13H2,1-2H3. The van der Waals surface area contributed by atoms with Crippen LogP contribution in [-0.2, 0) is 4.79 Å². The molecule has 0 radical (unpaired) electrons. The van der Waals surface area contributed by atoms with Gasteiger partial charge in [-0.05, 0) is 38.1 Å². The molecule has 6 nitrogen and oxygen atoms in total. The van der Waals surface area contributed by atoms with Crippen LogP contribution in [0.1, 0.15) is 20.3 Å². The van der Waals surface area contributed by atoms with Crippen molar-refractivity contribution in [3.05, 3.63) is 54.9 Å². The van der Waals surface area contributed by atoms with Gasteiger partial charge in [0.1, 0.15) is 6.61 Å². The van der Waals surface area contributed by atoms with E-state index >= 15 is 0 Å². The first-order valence-electron chi connectivity index (χ1n) is 8.25. The largest absolute Gasteiger partial charge is 0.476 e. The van der Waals surface area contributed by atoms with E-state index in [1.165, 1.54) is 4.73 Å². The third-order valence-electron chi connectivity index (χ3n) is 3.52. The topological polar surface area (TPSA) is 65.4 Å². The highest BCUT2D eigenvalue weighted by molar-refractivity contribution is 5.80. The number of hydrogen-bond donors (Lipinski definition) is 1. The fraction of sp³-hybridized carbons (Fsp3) is 0.263. The summed E-state index contributed by atoms with van der Waals surface area (Å²) in [6.45, 7) is 4.27. The Labute approximate surface area is 146 Å². The van der Waals surface area contributed by atoms with Crippen LogP contribution < -0.4 is 14.9 Å². The smallest absolute Gasteiger partial charge is 0.336 e. The second kappa shape index (κ2) is 7.70. The molecule has 130 valence electrons. The number of carbonyl (C=O) groups is 1. The van der Waals surface area contributed by atoms with Crippen molar-refractivity contribution in [2.75, 3.05) is 11.9 Å². The second-order valence-electron chi connectivity index (χ2n) is 5.92. The number of carbonyl (C=O) groups excluding carboxylic acids is 1. The Balaban J connectivity index is 1.55. The van der Waals surface area contributed by atoms with Crippen LogP contribution in [0.25, 0.3) is 10.9 Å². The van der Waals surface area contributed by atoms with Crippen LogP contribution in [0.5, 0.6) is 5.88 Å². The summed E-state index contributed by atoms with van der Waals surface area (Å²) in [5.41, 5.74) is 1.66. The lowest BCUT2D eigenvalue weighted by Crippen LogP contribution is -2.21. The second-order valence-corrected chi connectivity index (χ2v) is 5.92. The lowest BCUT2D eigenvalue weighted by Gasteiger charge is -2.14. The molecule has 3 rings (SSSR count). The number of hydrogen-bond acceptors (Lipinski definition) is 5. The van der Waals surface area contributed by atoms with E-state index in [0.29, 0.717) is 5.88 Å². The van der Waals surface area contributed by atoms with Gasteiger partial charge in [-0.15, -0.1) is 0 Å². The molecule has 1 N–H and O–H groups in total. The van der Waals surface area contributed by atoms with Gasteiger partial charge >= 0.3 is 5.97 Å². The molecule has 0 saturated carbocycles. The van der Waals surface area contributed by atoms with E-state index in [4.69, 9.17) is 9.57 Å². The Hall–Kier alpha value is -3.02. The average molecular weight is 339 g/mol. The summed E-state index contributed by atoms with van der Waals surface area (Å²) in [7, 11) is 0. The molecule has 6 heteroatoms. The highest BCUT2D eigenvalue weighted by atomic mass is 16.7. The van der Waals surface area contributed by atoms with Gasteiger partial charge in [0.05, 0.1) is 17.6 Å². The minimum Gasteiger partial charge on any atom is -0.476 e. The van der Waals surface area contributed by atoms with Gasteiger partial charge in [0.2, 0.25) is 5.88 Å². The van der Waals surface area contributed by atoms with Crippen LogP contribution in [0.2, 0.25) is 0 Å². The van der Waals surface area contributed by atoms with Crippen molar-refractivity contribution in [1.29, 1.82) is 0 Å². The number of anilines is 1. The van der Waals surface area contributed by atoms with Crippen molar-refractivity contribution >= 4 is 22.6 Å². The fourth-order valence-electron chi connectivity index (χ4n) is 2.45. The lowest BCUT2D eigenvalue weighted by atomic mass is 10.3. The van der Waals surface area contributed by atoms with Gasteiger partial charge in [-0.2, -0.15) is 4.73 Å². The number of nitrogens with zero attached hydrogens (tertiary/aromatic N) is 2. The van der Waals surface area contributed by atoms with Gasteiger partial charge in [-0.25, -0.2) is 9.78 Å². The number of ether oxygens (including phenoxy) is 1. The zero-order valence-electron chi connectivity index (χ0n) is 14.3. The van der Waals surface area contributed by atoms with Gasteiger partial charge in [0, 0.05) is 23.8 Å². The maximum atomic E-state index is 12.0. The van der Waals surface area contributed by atoms with Gasteiger partial charge in [0.15, 0.2) is 0 Å². The van der Waals surface area contributed by atoms with E-state index in [0.717, 1.165) is 16.6 Å². The number of nitrogens with one attached hydrogen (secondary N) is 1. The first-order valence-corrected chi connectivity index (χ1v) is 8.25. The van der Waals surface area contributed by atoms with Crippen molar-refractivity contribution < 1.29 is 14.4 Å². The van der Waals surface area contributed by atoms with Crippen molar-refractivity contribution in [1.82, 2.24) is 9.71 Å². The molecule has 0 amide bonds. The Morgan fingerprint density at radius 2 is 2.04 bits per heavy atom. The molecule has 3 aromatic rings. The normalized spacial score (nSPS) is 10.8. The number of fused-ring (bicyclic) bond motifs is 1. The highest BCUT2D eigenvalue weighted by Gasteiger charge is 2.10. The molecule has 2 heterocycles. The summed E-state index contributed by atoms with van der Waals surface area (Å²) in [6.07, 6.45) is 3.52. The molecule has 0 unspecified atom stereocenters. The van der Waals surface area contributed by atoms with E-state index in [-0.39, 0.29) is 25.0 Å². The molecule has 0 bridgehead atoms. The Kier molecular flexibility index (Phi) is 5.18. The van der Waals surface area contributed by atoms with E-state index in [1.807, 2.05) is 56.3 Å². The van der Waals surface area contributed by atoms with Crippen molar-refractivity contribution in [3.63, 3.8) is 0 Å². The maximum absolute atomic E-state index is 12.0. The molecule has 0 saturated heterocycles. The predicted octanol–water partition coefficient (Wildman–Crippen LogP) is 3.28. The fourth-order valence-corrected chi connectivity index (χ4v) is 2.45. The number of para-hydroxylation sites is 1. The van der Waals surface area contributed by atoms with Gasteiger partial charge < -0.3 is 14.9 Å². The van der Waals surface area contributed by atoms with E-state index in [9.17, 15) is 4.79 Å². The van der Waals surface area contributed by atoms with Crippen molar-refractivity contribution in [3.8, 4) is 5.88 Å². The molecule has 2 aromatic heterocycles. The van der Waals surface area contributed by atoms with Crippen LogP contribution in [-0.4, -0.2) is 28.3 Å². The van der Waals surface area contributed by atoms with Crippen LogP contribution in [0.15, 0.2) is 54.9 Å². The molecule has 0 spiro atoms. The number of rotatable bonds is 7. The number of aromatic nitrogens is 2. The predicted molar refractivity (Wildman–Crippen MR) is 96.6 cm³/mol. The summed E-state index contributed by atoms with van der Waals surface area (Å²) in [5, 5.41) is 4.28. The quantitative estimate of drug-likeness (QED) is 0.715. The first kappa shape index (κ1) is 16.8. The number of benzene rings is 1. The van der Waals surface area contributed by atoms with Crippen molar-refractivity contribution in [2.24, 2.45) is 0 Å². The van der Waals surface area contributed by atoms with Crippen LogP contribution in [0.3, 0.4) is 0 Å². The van der Waals surface area contributed by atoms with Crippen LogP contribution in [0.4, 0.5) is 5.69 Å². The monoisotopic (exact) mass is 339 g/mol. The Morgan fingerprint density at radius 1 is 1.20 bits per heavy atom. The molecule has 0 aliphatic rings. The minimum absolute atomic E-state index is 0.129. The zero-order valence-corrected chi connectivity index (χ0v) is 14.3. The van der Waals surface area contributed by atoms with Crippen molar-refractivity contribution in [2.45, 2.75) is 26.3 Å². The molecular weight excluding hydrogens is 318 g/mol. The van der Waals surface area contributed by atoms with Gasteiger partial charge in [0.25, 0.3) is 0 Å². The van der Waals surface area contributed by atoms with E-state index in [1.54, 1.807) is 12.4 Å². The average Bonchev–Trinajstić information content (AvgIpc) is 2.99. The summed E-state index contributed by atoms with van der Waals surface area (Å²) in [6, 6.07) is 13.6. The Morgan fingerprint density at radius 3 is 2.88 bits per heavy atom. The maximum Gasteiger partial charge on any atom is 0.336 e. The Bertz CT molecular complexity index is 858. The molecule has 0 aliphatic carbocycles. The SMILES string of the molecule is CC(C)Nc1cccnc1OCCC(=O)On1ccc2ccccc21. The van der Waals surface area contributed by atoms with Crippen LogP contribution >= 0.6 is 0 Å².